The molecule has 0 N–H and O–H groups in total. The molecule has 0 radical (unpaired) electrons. The number of carbonyl (C=O) groups is 1. The van der Waals surface area contributed by atoms with Gasteiger partial charge >= 0.3 is 6.36 Å². The predicted molar refractivity (Wildman–Crippen MR) is 101 cm³/mol. The minimum Gasteiger partial charge on any atom is -0.449 e. The second kappa shape index (κ2) is 6.96. The minimum atomic E-state index is -4.87. The van der Waals surface area contributed by atoms with Gasteiger partial charge in [-0.15, -0.1) is 13.2 Å². The van der Waals surface area contributed by atoms with Crippen molar-refractivity contribution in [2.75, 3.05) is 11.4 Å². The third-order valence-electron chi connectivity index (χ3n) is 4.43. The van der Waals surface area contributed by atoms with Crippen molar-refractivity contribution < 1.29 is 27.1 Å². The summed E-state index contributed by atoms with van der Waals surface area (Å²) < 4.78 is 46.6. The van der Waals surface area contributed by atoms with Crippen LogP contribution in [0, 0.1) is 0 Å². The van der Waals surface area contributed by atoms with Crippen LogP contribution in [0.5, 0.6) is 5.75 Å². The van der Waals surface area contributed by atoms with Gasteiger partial charge in [0, 0.05) is 12.6 Å². The summed E-state index contributed by atoms with van der Waals surface area (Å²) in [5, 5.41) is 0.327. The Morgan fingerprint density at radius 2 is 1.83 bits per heavy atom. The molecule has 4 rings (SSSR count). The van der Waals surface area contributed by atoms with Crippen LogP contribution in [0.4, 0.5) is 18.9 Å². The molecule has 0 aliphatic carbocycles. The topological polar surface area (TPSA) is 59.8 Å². The van der Waals surface area contributed by atoms with Crippen molar-refractivity contribution in [1.29, 1.82) is 0 Å². The van der Waals surface area contributed by atoms with E-state index in [0.717, 1.165) is 12.1 Å². The lowest BCUT2D eigenvalue weighted by Gasteiger charge is -2.28. The lowest BCUT2D eigenvalue weighted by Crippen LogP contribution is -2.40. The van der Waals surface area contributed by atoms with Gasteiger partial charge in [0.05, 0.1) is 26.7 Å². The number of nitrogens with zero attached hydrogens (tertiary/aromatic N) is 1. The van der Waals surface area contributed by atoms with Gasteiger partial charge in [-0.2, -0.15) is 0 Å². The van der Waals surface area contributed by atoms with Crippen molar-refractivity contribution in [2.45, 2.75) is 12.8 Å². The summed E-state index contributed by atoms with van der Waals surface area (Å²) in [5.41, 5.74) is 0.123. The minimum absolute atomic E-state index is 0.0909. The second-order valence-corrected chi connectivity index (χ2v) is 7.04. The molecule has 3 aromatic rings. The summed E-state index contributed by atoms with van der Waals surface area (Å²) in [6, 6.07) is 7.93. The average Bonchev–Trinajstić information content (AvgIpc) is 2.63. The monoisotopic (exact) mass is 443 g/mol. The summed E-state index contributed by atoms with van der Waals surface area (Å²) in [7, 11) is 0. The van der Waals surface area contributed by atoms with Crippen molar-refractivity contribution in [3.8, 4) is 5.75 Å². The van der Waals surface area contributed by atoms with E-state index in [-0.39, 0.29) is 56.4 Å². The van der Waals surface area contributed by atoms with Gasteiger partial charge in [-0.25, -0.2) is 0 Å². The van der Waals surface area contributed by atoms with Crippen molar-refractivity contribution in [3.05, 3.63) is 68.0 Å². The maximum absolute atomic E-state index is 13.0. The summed E-state index contributed by atoms with van der Waals surface area (Å²) in [6.45, 7) is 0.0991. The number of carbonyl (C=O) groups excluding carboxylic acids is 1. The van der Waals surface area contributed by atoms with Crippen molar-refractivity contribution in [3.63, 3.8) is 0 Å². The van der Waals surface area contributed by atoms with E-state index in [1.807, 2.05) is 0 Å². The molecule has 10 heteroatoms. The molecule has 0 atom stereocenters. The smallest absolute Gasteiger partial charge is 0.449 e. The predicted octanol–water partition coefficient (Wildman–Crippen LogP) is 5.20. The van der Waals surface area contributed by atoms with Crippen molar-refractivity contribution >= 4 is 45.8 Å². The van der Waals surface area contributed by atoms with Gasteiger partial charge in [0.2, 0.25) is 0 Å². The number of benzene rings is 2. The molecule has 5 nitrogen and oxygen atoms in total. The van der Waals surface area contributed by atoms with Gasteiger partial charge < -0.3 is 14.1 Å². The van der Waals surface area contributed by atoms with Gasteiger partial charge in [0.25, 0.3) is 5.91 Å². The van der Waals surface area contributed by atoms with E-state index in [0.29, 0.717) is 0 Å². The van der Waals surface area contributed by atoms with E-state index >= 15 is 0 Å². The van der Waals surface area contributed by atoms with E-state index in [4.69, 9.17) is 27.6 Å². The zero-order valence-corrected chi connectivity index (χ0v) is 15.9. The second-order valence-electron chi connectivity index (χ2n) is 6.22. The number of hydrogen-bond acceptors (Lipinski definition) is 4. The Bertz CT molecular complexity index is 1210. The van der Waals surface area contributed by atoms with Crippen LogP contribution >= 0.6 is 23.2 Å². The summed E-state index contributed by atoms with van der Waals surface area (Å²) in [6.07, 6.45) is -4.68. The Balaban J connectivity index is 1.75. The first-order valence-electron chi connectivity index (χ1n) is 8.27. The van der Waals surface area contributed by atoms with Crippen LogP contribution in [0.15, 0.2) is 45.6 Å². The molecule has 0 saturated carbocycles. The van der Waals surface area contributed by atoms with Crippen LogP contribution in [0.1, 0.15) is 16.1 Å². The first-order chi connectivity index (χ1) is 13.7. The van der Waals surface area contributed by atoms with Gasteiger partial charge in [-0.3, -0.25) is 9.59 Å². The number of para-hydroxylation sites is 1. The zero-order valence-electron chi connectivity index (χ0n) is 14.3. The maximum atomic E-state index is 13.0. The van der Waals surface area contributed by atoms with E-state index in [9.17, 15) is 22.8 Å². The highest BCUT2D eigenvalue weighted by atomic mass is 35.5. The highest BCUT2D eigenvalue weighted by Crippen LogP contribution is 2.35. The lowest BCUT2D eigenvalue weighted by molar-refractivity contribution is -0.274. The lowest BCUT2D eigenvalue weighted by atomic mass is 10.0. The van der Waals surface area contributed by atoms with Crippen LogP contribution in [0.25, 0.3) is 11.0 Å². The molecule has 2 aromatic carbocycles. The van der Waals surface area contributed by atoms with Gasteiger partial charge in [-0.1, -0.05) is 29.3 Å². The van der Waals surface area contributed by atoms with Crippen LogP contribution in [0.3, 0.4) is 0 Å². The molecule has 0 unspecified atom stereocenters. The van der Waals surface area contributed by atoms with E-state index < -0.39 is 18.0 Å². The number of ether oxygens (including phenoxy) is 1. The maximum Gasteiger partial charge on any atom is 0.573 e. The molecular formula is C19H10Cl2F3NO4. The average molecular weight is 444 g/mol. The first kappa shape index (κ1) is 19.6. The van der Waals surface area contributed by atoms with Crippen molar-refractivity contribution in [1.82, 2.24) is 0 Å². The number of hydrogen-bond donors (Lipinski definition) is 0. The van der Waals surface area contributed by atoms with Crippen LogP contribution in [0.2, 0.25) is 10.0 Å². The SMILES string of the molecule is O=C1c2oc3c(Cl)cccc3c(=O)c2CCN1c1ccc(OC(F)(F)F)cc1Cl. The fraction of sp³-hybridized carbons (Fsp3) is 0.158. The molecule has 1 amide bonds. The largest absolute Gasteiger partial charge is 0.573 e. The highest BCUT2D eigenvalue weighted by Gasteiger charge is 2.34. The van der Waals surface area contributed by atoms with Gasteiger partial charge in [0.1, 0.15) is 5.75 Å². The quantitative estimate of drug-likeness (QED) is 0.545. The standard InChI is InChI=1S/C19H10Cl2F3NO4/c20-12-3-1-2-10-15(26)11-6-7-25(18(27)17(11)28-16(10)12)14-5-4-9(8-13(14)21)29-19(22,23)24/h1-5,8H,6-7H2. The Morgan fingerprint density at radius 1 is 1.07 bits per heavy atom. The molecule has 2 heterocycles. The van der Waals surface area contributed by atoms with Crippen LogP contribution in [-0.4, -0.2) is 18.8 Å². The van der Waals surface area contributed by atoms with Crippen LogP contribution < -0.4 is 15.1 Å². The fourth-order valence-corrected chi connectivity index (χ4v) is 3.69. The van der Waals surface area contributed by atoms with Crippen LogP contribution in [-0.2, 0) is 6.42 Å². The Morgan fingerprint density at radius 3 is 2.52 bits per heavy atom. The third-order valence-corrected chi connectivity index (χ3v) is 5.03. The molecule has 0 bridgehead atoms. The fourth-order valence-electron chi connectivity index (χ4n) is 3.20. The number of fused-ring (bicyclic) bond motifs is 2. The molecule has 0 fully saturated rings. The van der Waals surface area contributed by atoms with E-state index in [2.05, 4.69) is 4.74 Å². The zero-order chi connectivity index (χ0) is 20.9. The Hall–Kier alpha value is -2.71. The number of anilines is 1. The molecule has 29 heavy (non-hydrogen) atoms. The molecule has 1 aliphatic rings. The summed E-state index contributed by atoms with van der Waals surface area (Å²) >= 11 is 12.2. The highest BCUT2D eigenvalue weighted by molar-refractivity contribution is 6.35. The first-order valence-corrected chi connectivity index (χ1v) is 9.02. The number of halogens is 5. The van der Waals surface area contributed by atoms with Gasteiger partial charge in [-0.05, 0) is 30.7 Å². The molecule has 0 saturated heterocycles. The Labute approximate surface area is 171 Å². The summed E-state index contributed by atoms with van der Waals surface area (Å²) in [4.78, 5) is 26.9. The number of rotatable bonds is 2. The molecule has 1 aliphatic heterocycles. The Kier molecular flexibility index (Phi) is 4.71. The number of amides is 1. The third kappa shape index (κ3) is 3.54. The molecule has 0 spiro atoms. The van der Waals surface area contributed by atoms with Crippen molar-refractivity contribution in [2.24, 2.45) is 0 Å². The molecule has 1 aromatic heterocycles. The normalized spacial score (nSPS) is 14.2. The van der Waals surface area contributed by atoms with E-state index in [1.165, 1.54) is 17.0 Å². The number of alkyl halides is 3. The summed E-state index contributed by atoms with van der Waals surface area (Å²) in [5.74, 6) is -1.33. The molecule has 150 valence electrons. The molecular weight excluding hydrogens is 434 g/mol. The van der Waals surface area contributed by atoms with Gasteiger partial charge in [0.15, 0.2) is 16.8 Å². The van der Waals surface area contributed by atoms with E-state index in [1.54, 1.807) is 12.1 Å².